The van der Waals surface area contributed by atoms with Gasteiger partial charge in [0, 0.05) is 6.54 Å². The van der Waals surface area contributed by atoms with Crippen LogP contribution >= 0.6 is 0 Å². The van der Waals surface area contributed by atoms with E-state index in [2.05, 4.69) is 12.2 Å². The van der Waals surface area contributed by atoms with E-state index >= 15 is 0 Å². The molecule has 0 aliphatic heterocycles. The third-order valence-electron chi connectivity index (χ3n) is 3.76. The topological polar surface area (TPSA) is 12.0 Å². The van der Waals surface area contributed by atoms with Crippen LogP contribution in [-0.2, 0) is 6.42 Å². The van der Waals surface area contributed by atoms with Gasteiger partial charge in [-0.1, -0.05) is 25.5 Å². The third kappa shape index (κ3) is 2.65. The van der Waals surface area contributed by atoms with Crippen molar-refractivity contribution < 1.29 is 8.78 Å². The van der Waals surface area contributed by atoms with E-state index in [9.17, 15) is 8.78 Å². The van der Waals surface area contributed by atoms with Gasteiger partial charge in [0.25, 0.3) is 0 Å². The van der Waals surface area contributed by atoms with Gasteiger partial charge >= 0.3 is 0 Å². The minimum atomic E-state index is -0.736. The first-order valence-corrected chi connectivity index (χ1v) is 6.30. The van der Waals surface area contributed by atoms with Gasteiger partial charge in [-0.3, -0.25) is 0 Å². The lowest BCUT2D eigenvalue weighted by atomic mass is 9.65. The third-order valence-corrected chi connectivity index (χ3v) is 3.76. The standard InChI is InChI=1S/C14H19F2N/c1-2-17-10-14(7-4-8-14)9-11-5-3-6-12(15)13(11)16/h3,5-6,17H,2,4,7-10H2,1H3. The molecule has 17 heavy (non-hydrogen) atoms. The molecule has 0 amide bonds. The Hall–Kier alpha value is -0.960. The summed E-state index contributed by atoms with van der Waals surface area (Å²) in [7, 11) is 0. The van der Waals surface area contributed by atoms with Crippen LogP contribution in [0.1, 0.15) is 31.7 Å². The average molecular weight is 239 g/mol. The normalized spacial score (nSPS) is 17.8. The van der Waals surface area contributed by atoms with Crippen molar-refractivity contribution in [3.63, 3.8) is 0 Å². The summed E-state index contributed by atoms with van der Waals surface area (Å²) in [6.45, 7) is 3.89. The van der Waals surface area contributed by atoms with Gasteiger partial charge in [0.15, 0.2) is 11.6 Å². The number of benzene rings is 1. The molecule has 1 N–H and O–H groups in total. The minimum Gasteiger partial charge on any atom is -0.316 e. The van der Waals surface area contributed by atoms with E-state index in [-0.39, 0.29) is 5.41 Å². The van der Waals surface area contributed by atoms with Crippen LogP contribution in [0.5, 0.6) is 0 Å². The molecule has 0 atom stereocenters. The number of nitrogens with one attached hydrogen (secondary N) is 1. The molecule has 2 rings (SSSR count). The first-order chi connectivity index (χ1) is 8.17. The van der Waals surface area contributed by atoms with Crippen LogP contribution in [-0.4, -0.2) is 13.1 Å². The predicted molar refractivity (Wildman–Crippen MR) is 64.9 cm³/mol. The number of halogens is 2. The molecular weight excluding hydrogens is 220 g/mol. The number of hydrogen-bond acceptors (Lipinski definition) is 1. The van der Waals surface area contributed by atoms with E-state index in [1.165, 1.54) is 12.5 Å². The molecule has 1 aromatic rings. The molecule has 1 fully saturated rings. The highest BCUT2D eigenvalue weighted by Gasteiger charge is 2.37. The lowest BCUT2D eigenvalue weighted by molar-refractivity contribution is 0.129. The molecular formula is C14H19F2N. The quantitative estimate of drug-likeness (QED) is 0.831. The maximum Gasteiger partial charge on any atom is 0.162 e. The van der Waals surface area contributed by atoms with Crippen molar-refractivity contribution in [1.82, 2.24) is 5.32 Å². The van der Waals surface area contributed by atoms with Gasteiger partial charge in [-0.05, 0) is 42.9 Å². The van der Waals surface area contributed by atoms with Crippen LogP contribution in [0, 0.1) is 17.0 Å². The summed E-state index contributed by atoms with van der Waals surface area (Å²) in [5, 5.41) is 3.33. The van der Waals surface area contributed by atoms with Crippen LogP contribution in [0.25, 0.3) is 0 Å². The molecule has 1 aromatic carbocycles. The van der Waals surface area contributed by atoms with Crippen molar-refractivity contribution in [3.8, 4) is 0 Å². The zero-order valence-electron chi connectivity index (χ0n) is 10.2. The lowest BCUT2D eigenvalue weighted by Gasteiger charge is -2.42. The molecule has 0 heterocycles. The Morgan fingerprint density at radius 2 is 2.06 bits per heavy atom. The second kappa shape index (κ2) is 5.13. The van der Waals surface area contributed by atoms with E-state index in [1.54, 1.807) is 12.1 Å². The van der Waals surface area contributed by atoms with Crippen molar-refractivity contribution >= 4 is 0 Å². The first-order valence-electron chi connectivity index (χ1n) is 6.30. The fourth-order valence-corrected chi connectivity index (χ4v) is 2.57. The van der Waals surface area contributed by atoms with E-state index in [0.29, 0.717) is 12.0 Å². The Morgan fingerprint density at radius 1 is 1.29 bits per heavy atom. The zero-order valence-corrected chi connectivity index (χ0v) is 10.2. The van der Waals surface area contributed by atoms with Crippen molar-refractivity contribution in [1.29, 1.82) is 0 Å². The minimum absolute atomic E-state index is 0.143. The second-order valence-corrected chi connectivity index (χ2v) is 5.02. The Bertz CT molecular complexity index is 386. The van der Waals surface area contributed by atoms with Crippen LogP contribution < -0.4 is 5.32 Å². The van der Waals surface area contributed by atoms with Gasteiger partial charge in [0.05, 0.1) is 0 Å². The first kappa shape index (κ1) is 12.5. The van der Waals surface area contributed by atoms with Gasteiger partial charge in [0.1, 0.15) is 0 Å². The van der Waals surface area contributed by atoms with Gasteiger partial charge in [-0.15, -0.1) is 0 Å². The van der Waals surface area contributed by atoms with E-state index < -0.39 is 11.6 Å². The Labute approximate surface area is 101 Å². The molecule has 0 aromatic heterocycles. The Balaban J connectivity index is 2.10. The molecule has 1 nitrogen and oxygen atoms in total. The van der Waals surface area contributed by atoms with Crippen LogP contribution in [0.2, 0.25) is 0 Å². The zero-order chi connectivity index (χ0) is 12.3. The monoisotopic (exact) mass is 239 g/mol. The van der Waals surface area contributed by atoms with Crippen LogP contribution in [0.15, 0.2) is 18.2 Å². The molecule has 0 unspecified atom stereocenters. The Morgan fingerprint density at radius 3 is 2.65 bits per heavy atom. The average Bonchev–Trinajstić information content (AvgIpc) is 2.28. The lowest BCUT2D eigenvalue weighted by Crippen LogP contribution is -2.41. The van der Waals surface area contributed by atoms with Crippen molar-refractivity contribution in [2.75, 3.05) is 13.1 Å². The van der Waals surface area contributed by atoms with Crippen LogP contribution in [0.4, 0.5) is 8.78 Å². The molecule has 0 spiro atoms. The fourth-order valence-electron chi connectivity index (χ4n) is 2.57. The Kier molecular flexibility index (Phi) is 3.77. The largest absolute Gasteiger partial charge is 0.316 e. The summed E-state index contributed by atoms with van der Waals surface area (Å²) in [6.07, 6.45) is 4.05. The highest BCUT2D eigenvalue weighted by molar-refractivity contribution is 5.21. The summed E-state index contributed by atoms with van der Waals surface area (Å²) in [6, 6.07) is 4.47. The maximum absolute atomic E-state index is 13.6. The smallest absolute Gasteiger partial charge is 0.162 e. The highest BCUT2D eigenvalue weighted by atomic mass is 19.2. The molecule has 1 saturated carbocycles. The second-order valence-electron chi connectivity index (χ2n) is 5.02. The molecule has 1 aliphatic rings. The maximum atomic E-state index is 13.6. The summed E-state index contributed by atoms with van der Waals surface area (Å²) >= 11 is 0. The SMILES string of the molecule is CCNCC1(Cc2cccc(F)c2F)CCC1. The molecule has 1 aliphatic carbocycles. The summed E-state index contributed by atoms with van der Waals surface area (Å²) in [4.78, 5) is 0. The molecule has 0 bridgehead atoms. The van der Waals surface area contributed by atoms with Crippen molar-refractivity contribution in [2.24, 2.45) is 5.41 Å². The van der Waals surface area contributed by atoms with E-state index in [0.717, 1.165) is 25.9 Å². The van der Waals surface area contributed by atoms with Gasteiger partial charge in [-0.25, -0.2) is 8.78 Å². The highest BCUT2D eigenvalue weighted by Crippen LogP contribution is 2.43. The van der Waals surface area contributed by atoms with Crippen molar-refractivity contribution in [2.45, 2.75) is 32.6 Å². The molecule has 3 heteroatoms. The van der Waals surface area contributed by atoms with Gasteiger partial charge in [0.2, 0.25) is 0 Å². The molecule has 94 valence electrons. The number of rotatable bonds is 5. The van der Waals surface area contributed by atoms with Crippen molar-refractivity contribution in [3.05, 3.63) is 35.4 Å². The summed E-state index contributed by atoms with van der Waals surface area (Å²) in [5.74, 6) is -1.41. The summed E-state index contributed by atoms with van der Waals surface area (Å²) < 4.78 is 26.8. The molecule has 0 saturated heterocycles. The van der Waals surface area contributed by atoms with Gasteiger partial charge < -0.3 is 5.32 Å². The van der Waals surface area contributed by atoms with Crippen LogP contribution in [0.3, 0.4) is 0 Å². The molecule has 0 radical (unpaired) electrons. The predicted octanol–water partition coefficient (Wildman–Crippen LogP) is 3.29. The summed E-state index contributed by atoms with van der Waals surface area (Å²) in [5.41, 5.74) is 0.660. The van der Waals surface area contributed by atoms with E-state index in [1.807, 2.05) is 0 Å². The number of hydrogen-bond donors (Lipinski definition) is 1. The van der Waals surface area contributed by atoms with E-state index in [4.69, 9.17) is 0 Å². The van der Waals surface area contributed by atoms with Gasteiger partial charge in [-0.2, -0.15) is 0 Å². The fraction of sp³-hybridized carbons (Fsp3) is 0.571.